The largest absolute Gasteiger partial charge is 0.308 e. The Balaban J connectivity index is 2.20. The van der Waals surface area contributed by atoms with Gasteiger partial charge in [0.15, 0.2) is 5.65 Å². The van der Waals surface area contributed by atoms with Gasteiger partial charge >= 0.3 is 0 Å². The number of halogens is 1. The summed E-state index contributed by atoms with van der Waals surface area (Å²) >= 11 is 6.24. The zero-order valence-corrected chi connectivity index (χ0v) is 10.9. The van der Waals surface area contributed by atoms with Crippen molar-refractivity contribution in [2.75, 3.05) is 0 Å². The van der Waals surface area contributed by atoms with Crippen LogP contribution in [0.15, 0.2) is 18.3 Å². The Morgan fingerprint density at radius 3 is 2.82 bits per heavy atom. The molecule has 2 aromatic rings. The fraction of sp³-hybridized carbons (Fsp3) is 0.538. The Morgan fingerprint density at radius 2 is 2.18 bits per heavy atom. The summed E-state index contributed by atoms with van der Waals surface area (Å²) in [5.74, 6) is 1.71. The maximum Gasteiger partial charge on any atom is 0.160 e. The van der Waals surface area contributed by atoms with Crippen LogP contribution in [0.2, 0.25) is 0 Å². The van der Waals surface area contributed by atoms with Gasteiger partial charge in [-0.3, -0.25) is 0 Å². The van der Waals surface area contributed by atoms with Gasteiger partial charge in [0.25, 0.3) is 0 Å². The third-order valence-corrected chi connectivity index (χ3v) is 3.74. The van der Waals surface area contributed by atoms with Gasteiger partial charge in [0.05, 0.1) is 5.38 Å². The van der Waals surface area contributed by atoms with Crippen molar-refractivity contribution < 1.29 is 0 Å². The molecule has 2 atom stereocenters. The summed E-state index contributed by atoms with van der Waals surface area (Å²) in [5, 5.41) is -0.0783. The molecule has 0 N–H and O–H groups in total. The number of pyridine rings is 1. The molecule has 1 aliphatic carbocycles. The van der Waals surface area contributed by atoms with Gasteiger partial charge in [-0.05, 0) is 44.7 Å². The number of imidazole rings is 1. The number of hydrogen-bond donors (Lipinski definition) is 0. The van der Waals surface area contributed by atoms with E-state index >= 15 is 0 Å². The Bertz CT molecular complexity index is 543. The second kappa shape index (κ2) is 3.98. The van der Waals surface area contributed by atoms with E-state index in [0.29, 0.717) is 6.04 Å². The average Bonchev–Trinajstić information content (AvgIpc) is 3.08. The fourth-order valence-electron chi connectivity index (χ4n) is 2.42. The molecule has 2 aromatic heterocycles. The van der Waals surface area contributed by atoms with Gasteiger partial charge in [-0.1, -0.05) is 0 Å². The van der Waals surface area contributed by atoms with Crippen molar-refractivity contribution in [3.05, 3.63) is 24.2 Å². The molecule has 3 nitrogen and oxygen atoms in total. The maximum atomic E-state index is 6.24. The Hall–Kier alpha value is -1.09. The Morgan fingerprint density at radius 1 is 1.41 bits per heavy atom. The molecular weight excluding hydrogens is 234 g/mol. The van der Waals surface area contributed by atoms with Crippen LogP contribution < -0.4 is 0 Å². The molecule has 90 valence electrons. The fourth-order valence-corrected chi connectivity index (χ4v) is 2.57. The van der Waals surface area contributed by atoms with Crippen molar-refractivity contribution in [2.24, 2.45) is 5.92 Å². The quantitative estimate of drug-likeness (QED) is 0.777. The van der Waals surface area contributed by atoms with Gasteiger partial charge in [-0.25, -0.2) is 9.97 Å². The van der Waals surface area contributed by atoms with Crippen molar-refractivity contribution in [3.63, 3.8) is 0 Å². The molecule has 2 heterocycles. The van der Waals surface area contributed by atoms with Crippen molar-refractivity contribution >= 4 is 22.8 Å². The van der Waals surface area contributed by atoms with E-state index < -0.39 is 0 Å². The normalized spacial score (nSPS) is 19.5. The highest BCUT2D eigenvalue weighted by molar-refractivity contribution is 6.20. The highest BCUT2D eigenvalue weighted by Gasteiger charge is 2.32. The summed E-state index contributed by atoms with van der Waals surface area (Å²) in [7, 11) is 0. The lowest BCUT2D eigenvalue weighted by molar-refractivity contribution is 0.477. The SMILES string of the molecule is CC(Cl)c1nc2cccnc2n1C(C)C1CC1. The third-order valence-electron chi connectivity index (χ3n) is 3.54. The van der Waals surface area contributed by atoms with Gasteiger partial charge in [0.2, 0.25) is 0 Å². The molecule has 1 fully saturated rings. The molecule has 0 aromatic carbocycles. The molecule has 0 saturated heterocycles. The molecule has 0 radical (unpaired) electrons. The number of nitrogens with zero attached hydrogens (tertiary/aromatic N) is 3. The van der Waals surface area contributed by atoms with Crippen LogP contribution in [0.25, 0.3) is 11.2 Å². The first kappa shape index (κ1) is 11.0. The molecule has 0 amide bonds. The van der Waals surface area contributed by atoms with Crippen molar-refractivity contribution in [3.8, 4) is 0 Å². The lowest BCUT2D eigenvalue weighted by Crippen LogP contribution is -2.12. The zero-order valence-electron chi connectivity index (χ0n) is 10.1. The molecular formula is C13H16ClN3. The number of rotatable bonds is 3. The van der Waals surface area contributed by atoms with Gasteiger partial charge in [0.1, 0.15) is 11.3 Å². The van der Waals surface area contributed by atoms with Crippen LogP contribution in [0.3, 0.4) is 0 Å². The summed E-state index contributed by atoms with van der Waals surface area (Å²) in [5.41, 5.74) is 1.91. The monoisotopic (exact) mass is 249 g/mol. The van der Waals surface area contributed by atoms with Crippen LogP contribution >= 0.6 is 11.6 Å². The van der Waals surface area contributed by atoms with Crippen molar-refractivity contribution in [1.29, 1.82) is 0 Å². The molecule has 1 saturated carbocycles. The van der Waals surface area contributed by atoms with E-state index in [-0.39, 0.29) is 5.38 Å². The minimum atomic E-state index is -0.0783. The first-order chi connectivity index (χ1) is 8.18. The van der Waals surface area contributed by atoms with Crippen LogP contribution in [0, 0.1) is 5.92 Å². The second-order valence-corrected chi connectivity index (χ2v) is 5.53. The van der Waals surface area contributed by atoms with Crippen LogP contribution in [0.5, 0.6) is 0 Å². The first-order valence-corrected chi connectivity index (χ1v) is 6.59. The summed E-state index contributed by atoms with van der Waals surface area (Å²) in [4.78, 5) is 9.07. The highest BCUT2D eigenvalue weighted by atomic mass is 35.5. The van der Waals surface area contributed by atoms with E-state index in [1.807, 2.05) is 25.3 Å². The first-order valence-electron chi connectivity index (χ1n) is 6.15. The predicted octanol–water partition coefficient (Wildman–Crippen LogP) is 3.70. The van der Waals surface area contributed by atoms with Crippen molar-refractivity contribution in [1.82, 2.24) is 14.5 Å². The molecule has 17 heavy (non-hydrogen) atoms. The Kier molecular flexibility index (Phi) is 2.58. The average molecular weight is 250 g/mol. The van der Waals surface area contributed by atoms with E-state index in [0.717, 1.165) is 22.9 Å². The van der Waals surface area contributed by atoms with E-state index in [1.165, 1.54) is 12.8 Å². The summed E-state index contributed by atoms with van der Waals surface area (Å²) in [6, 6.07) is 4.37. The van der Waals surface area contributed by atoms with Crippen LogP contribution in [-0.2, 0) is 0 Å². The van der Waals surface area contributed by atoms with E-state index in [4.69, 9.17) is 11.6 Å². The molecule has 0 spiro atoms. The standard InChI is InChI=1S/C13H16ClN3/c1-8(14)12-16-11-4-3-7-15-13(11)17(12)9(2)10-5-6-10/h3-4,7-10H,5-6H2,1-2H3. The van der Waals surface area contributed by atoms with E-state index in [2.05, 4.69) is 21.5 Å². The number of hydrogen-bond acceptors (Lipinski definition) is 2. The lowest BCUT2D eigenvalue weighted by atomic mass is 10.2. The van der Waals surface area contributed by atoms with E-state index in [1.54, 1.807) is 0 Å². The predicted molar refractivity (Wildman–Crippen MR) is 69.2 cm³/mol. The zero-order chi connectivity index (χ0) is 12.0. The minimum Gasteiger partial charge on any atom is -0.308 e. The number of fused-ring (bicyclic) bond motifs is 1. The van der Waals surface area contributed by atoms with Gasteiger partial charge in [-0.2, -0.15) is 0 Å². The van der Waals surface area contributed by atoms with Gasteiger partial charge in [0, 0.05) is 12.2 Å². The maximum absolute atomic E-state index is 6.24. The third kappa shape index (κ3) is 1.82. The Labute approximate surface area is 106 Å². The molecule has 3 rings (SSSR count). The molecule has 2 unspecified atom stereocenters. The number of alkyl halides is 1. The molecule has 0 aliphatic heterocycles. The van der Waals surface area contributed by atoms with Crippen LogP contribution in [0.4, 0.5) is 0 Å². The summed E-state index contributed by atoms with van der Waals surface area (Å²) < 4.78 is 2.23. The van der Waals surface area contributed by atoms with Crippen LogP contribution in [0.1, 0.15) is 43.9 Å². The van der Waals surface area contributed by atoms with Gasteiger partial charge < -0.3 is 4.57 Å². The smallest absolute Gasteiger partial charge is 0.160 e. The lowest BCUT2D eigenvalue weighted by Gasteiger charge is -2.17. The summed E-state index contributed by atoms with van der Waals surface area (Å²) in [6.45, 7) is 4.22. The van der Waals surface area contributed by atoms with Crippen molar-refractivity contribution in [2.45, 2.75) is 38.1 Å². The van der Waals surface area contributed by atoms with Gasteiger partial charge in [-0.15, -0.1) is 11.6 Å². The molecule has 0 bridgehead atoms. The van der Waals surface area contributed by atoms with E-state index in [9.17, 15) is 0 Å². The topological polar surface area (TPSA) is 30.7 Å². The highest BCUT2D eigenvalue weighted by Crippen LogP contribution is 2.42. The number of aromatic nitrogens is 3. The molecule has 4 heteroatoms. The molecule has 1 aliphatic rings. The van der Waals surface area contributed by atoms with Crippen LogP contribution in [-0.4, -0.2) is 14.5 Å². The second-order valence-electron chi connectivity index (χ2n) is 4.88. The summed E-state index contributed by atoms with van der Waals surface area (Å²) in [6.07, 6.45) is 4.44. The minimum absolute atomic E-state index is 0.0783.